The van der Waals surface area contributed by atoms with E-state index in [1.807, 2.05) is 0 Å². The van der Waals surface area contributed by atoms with Crippen LogP contribution in [0.15, 0.2) is 24.3 Å². The molecular weight excluding hydrogens is 313 g/mol. The summed E-state index contributed by atoms with van der Waals surface area (Å²) in [5.41, 5.74) is 1.30. The molecule has 0 fully saturated rings. The predicted molar refractivity (Wildman–Crippen MR) is 76.5 cm³/mol. The van der Waals surface area contributed by atoms with E-state index in [9.17, 15) is 0 Å². The number of aliphatic hydroxyl groups excluding tert-OH is 1. The van der Waals surface area contributed by atoms with Crippen molar-refractivity contribution >= 4 is 22.6 Å². The molecule has 1 rings (SSSR count). The average Bonchev–Trinajstić information content (AvgIpc) is 2.29. The van der Waals surface area contributed by atoms with E-state index < -0.39 is 0 Å². The Hall–Kier alpha value is -0.130. The van der Waals surface area contributed by atoms with Gasteiger partial charge in [-0.25, -0.2) is 0 Å². The lowest BCUT2D eigenvalue weighted by molar-refractivity contribution is 0.257. The highest BCUT2D eigenvalue weighted by atomic mass is 127. The fourth-order valence-corrected chi connectivity index (χ4v) is 2.12. The number of hydrogen-bond acceptors (Lipinski definition) is 2. The molecule has 0 saturated heterocycles. The Morgan fingerprint density at radius 2 is 1.94 bits per heavy atom. The molecule has 0 aromatic heterocycles. The molecule has 90 valence electrons. The van der Waals surface area contributed by atoms with Gasteiger partial charge in [0.05, 0.1) is 0 Å². The van der Waals surface area contributed by atoms with Crippen molar-refractivity contribution in [3.63, 3.8) is 0 Å². The third kappa shape index (κ3) is 4.39. The third-order valence-electron chi connectivity index (χ3n) is 2.83. The van der Waals surface area contributed by atoms with E-state index in [0.717, 1.165) is 12.8 Å². The van der Waals surface area contributed by atoms with Crippen LogP contribution in [0.25, 0.3) is 0 Å². The van der Waals surface area contributed by atoms with Crippen LogP contribution in [0.5, 0.6) is 0 Å². The lowest BCUT2D eigenvalue weighted by Crippen LogP contribution is -2.31. The van der Waals surface area contributed by atoms with Crippen molar-refractivity contribution in [3.8, 4) is 0 Å². The maximum Gasteiger partial charge on any atom is 0.0445 e. The normalized spacial score (nSPS) is 14.8. The molecule has 0 heterocycles. The Bertz CT molecular complexity index is 299. The predicted octanol–water partition coefficient (Wildman–Crippen LogP) is 3.10. The van der Waals surface area contributed by atoms with E-state index in [2.05, 4.69) is 66.0 Å². The van der Waals surface area contributed by atoms with Crippen LogP contribution in [0.3, 0.4) is 0 Å². The van der Waals surface area contributed by atoms with Crippen molar-refractivity contribution in [1.82, 2.24) is 5.32 Å². The number of aliphatic hydroxyl groups is 1. The maximum atomic E-state index is 8.95. The number of benzene rings is 1. The zero-order chi connectivity index (χ0) is 12.0. The van der Waals surface area contributed by atoms with Gasteiger partial charge < -0.3 is 10.4 Å². The lowest BCUT2D eigenvalue weighted by atomic mass is 10.1. The molecule has 2 atom stereocenters. The molecule has 1 aromatic rings. The number of halogens is 1. The highest BCUT2D eigenvalue weighted by molar-refractivity contribution is 14.1. The van der Waals surface area contributed by atoms with Gasteiger partial charge in [-0.1, -0.05) is 19.1 Å². The molecule has 16 heavy (non-hydrogen) atoms. The molecule has 2 nitrogen and oxygen atoms in total. The van der Waals surface area contributed by atoms with Gasteiger partial charge >= 0.3 is 0 Å². The molecule has 0 saturated carbocycles. The highest BCUT2D eigenvalue weighted by Gasteiger charge is 2.10. The van der Waals surface area contributed by atoms with Gasteiger partial charge in [0.1, 0.15) is 0 Å². The third-order valence-corrected chi connectivity index (χ3v) is 3.55. The second kappa shape index (κ2) is 7.25. The summed E-state index contributed by atoms with van der Waals surface area (Å²) in [6, 6.07) is 9.31. The van der Waals surface area contributed by atoms with E-state index in [-0.39, 0.29) is 6.61 Å². The summed E-state index contributed by atoms with van der Waals surface area (Å²) in [5.74, 6) is 0. The van der Waals surface area contributed by atoms with Crippen molar-refractivity contribution in [2.24, 2.45) is 0 Å². The second-order valence-corrected chi connectivity index (χ2v) is 5.30. The Morgan fingerprint density at radius 3 is 2.44 bits per heavy atom. The Labute approximate surface area is 112 Å². The molecule has 0 bridgehead atoms. The fourth-order valence-electron chi connectivity index (χ4n) is 1.76. The van der Waals surface area contributed by atoms with Gasteiger partial charge in [-0.3, -0.25) is 0 Å². The van der Waals surface area contributed by atoms with Crippen LogP contribution >= 0.6 is 22.6 Å². The monoisotopic (exact) mass is 333 g/mol. The van der Waals surface area contributed by atoms with E-state index >= 15 is 0 Å². The molecule has 0 aliphatic heterocycles. The second-order valence-electron chi connectivity index (χ2n) is 4.06. The van der Waals surface area contributed by atoms with E-state index in [1.54, 1.807) is 0 Å². The van der Waals surface area contributed by atoms with Gasteiger partial charge in [0, 0.05) is 22.3 Å². The summed E-state index contributed by atoms with van der Waals surface area (Å²) < 4.78 is 1.26. The molecule has 2 unspecified atom stereocenters. The Kier molecular flexibility index (Phi) is 6.31. The van der Waals surface area contributed by atoms with Gasteiger partial charge in [0.25, 0.3) is 0 Å². The number of nitrogens with one attached hydrogen (secondary N) is 1. The fraction of sp³-hybridized carbons (Fsp3) is 0.538. The van der Waals surface area contributed by atoms with E-state index in [4.69, 9.17) is 5.11 Å². The molecule has 0 amide bonds. The maximum absolute atomic E-state index is 8.95. The first-order valence-electron chi connectivity index (χ1n) is 5.79. The van der Waals surface area contributed by atoms with Crippen molar-refractivity contribution in [2.75, 3.05) is 6.61 Å². The smallest absolute Gasteiger partial charge is 0.0445 e. The first-order chi connectivity index (χ1) is 7.67. The van der Waals surface area contributed by atoms with Crippen molar-refractivity contribution in [1.29, 1.82) is 0 Å². The summed E-state index contributed by atoms with van der Waals surface area (Å²) in [7, 11) is 0. The van der Waals surface area contributed by atoms with E-state index in [1.165, 1.54) is 9.13 Å². The minimum atomic E-state index is 0.255. The van der Waals surface area contributed by atoms with E-state index in [0.29, 0.717) is 12.1 Å². The zero-order valence-corrected chi connectivity index (χ0v) is 12.1. The summed E-state index contributed by atoms with van der Waals surface area (Å²) in [6.07, 6.45) is 1.88. The average molecular weight is 333 g/mol. The van der Waals surface area contributed by atoms with Gasteiger partial charge in [-0.05, 0) is 60.1 Å². The number of hydrogen-bond donors (Lipinski definition) is 2. The zero-order valence-electron chi connectivity index (χ0n) is 9.91. The first kappa shape index (κ1) is 13.9. The van der Waals surface area contributed by atoms with Gasteiger partial charge in [-0.15, -0.1) is 0 Å². The van der Waals surface area contributed by atoms with Crippen LogP contribution in [-0.4, -0.2) is 17.8 Å². The molecule has 3 heteroatoms. The summed E-state index contributed by atoms with van der Waals surface area (Å²) >= 11 is 2.31. The lowest BCUT2D eigenvalue weighted by Gasteiger charge is -2.22. The first-order valence-corrected chi connectivity index (χ1v) is 6.87. The van der Waals surface area contributed by atoms with Crippen LogP contribution in [0.4, 0.5) is 0 Å². The molecule has 0 aliphatic rings. The summed E-state index contributed by atoms with van der Waals surface area (Å²) in [4.78, 5) is 0. The van der Waals surface area contributed by atoms with Gasteiger partial charge in [0.15, 0.2) is 0 Å². The topological polar surface area (TPSA) is 32.3 Å². The van der Waals surface area contributed by atoms with Crippen LogP contribution in [0.1, 0.15) is 38.3 Å². The minimum Gasteiger partial charge on any atom is -0.396 e. The van der Waals surface area contributed by atoms with Crippen molar-refractivity contribution in [2.45, 2.75) is 38.8 Å². The highest BCUT2D eigenvalue weighted by Crippen LogP contribution is 2.16. The minimum absolute atomic E-state index is 0.255. The molecule has 0 spiro atoms. The van der Waals surface area contributed by atoms with Crippen molar-refractivity contribution in [3.05, 3.63) is 33.4 Å². The molecule has 2 N–H and O–H groups in total. The Morgan fingerprint density at radius 1 is 1.31 bits per heavy atom. The molecule has 1 aromatic carbocycles. The Balaban J connectivity index is 2.56. The quantitative estimate of drug-likeness (QED) is 0.784. The standard InChI is InChI=1S/C13H20INO/c1-3-13(8-9-16)15-10(2)11-4-6-12(14)7-5-11/h4-7,10,13,15-16H,3,8-9H2,1-2H3. The number of rotatable bonds is 6. The summed E-state index contributed by atoms with van der Waals surface area (Å²) in [6.45, 7) is 4.57. The van der Waals surface area contributed by atoms with Crippen LogP contribution in [-0.2, 0) is 0 Å². The van der Waals surface area contributed by atoms with Crippen molar-refractivity contribution < 1.29 is 5.11 Å². The molecule has 0 aliphatic carbocycles. The van der Waals surface area contributed by atoms with Crippen LogP contribution in [0, 0.1) is 3.57 Å². The summed E-state index contributed by atoms with van der Waals surface area (Å²) in [5, 5.41) is 12.5. The van der Waals surface area contributed by atoms with Crippen LogP contribution < -0.4 is 5.32 Å². The largest absolute Gasteiger partial charge is 0.396 e. The molecular formula is C13H20INO. The SMILES string of the molecule is CCC(CCO)NC(C)c1ccc(I)cc1. The van der Waals surface area contributed by atoms with Gasteiger partial charge in [0.2, 0.25) is 0 Å². The van der Waals surface area contributed by atoms with Crippen LogP contribution in [0.2, 0.25) is 0 Å². The molecule has 0 radical (unpaired) electrons. The van der Waals surface area contributed by atoms with Gasteiger partial charge in [-0.2, -0.15) is 0 Å².